The number of halogens is 1. The van der Waals surface area contributed by atoms with E-state index in [0.29, 0.717) is 23.1 Å². The molecule has 0 heterocycles. The molecule has 0 saturated heterocycles. The minimum Gasteiger partial charge on any atom is -0.330 e. The van der Waals surface area contributed by atoms with Crippen LogP contribution >= 0.6 is 15.9 Å². The molecule has 2 N–H and O–H groups in total. The molecule has 0 aliphatic rings. The highest BCUT2D eigenvalue weighted by Gasteiger charge is 2.27. The number of rotatable bonds is 5. The third kappa shape index (κ3) is 4.03. The SMILES string of the molecule is CN(CC(C)(C)CN)S(=O)(=O)c1cc(Br)cc(C#N)c1. The average Bonchev–Trinajstić information content (AvgIpc) is 2.37. The highest BCUT2D eigenvalue weighted by molar-refractivity contribution is 9.10. The second-order valence-corrected chi connectivity index (χ2v) is 8.38. The molecule has 0 aromatic heterocycles. The first-order valence-electron chi connectivity index (χ1n) is 5.99. The Hall–Kier alpha value is -0.940. The van der Waals surface area contributed by atoms with Crippen molar-refractivity contribution in [3.8, 4) is 6.07 Å². The zero-order valence-corrected chi connectivity index (χ0v) is 14.1. The van der Waals surface area contributed by atoms with Gasteiger partial charge in [-0.1, -0.05) is 29.8 Å². The molecular formula is C13H18BrN3O2S. The summed E-state index contributed by atoms with van der Waals surface area (Å²) < 4.78 is 26.8. The largest absolute Gasteiger partial charge is 0.330 e. The zero-order chi connectivity index (χ0) is 15.6. The van der Waals surface area contributed by atoms with Crippen LogP contribution in [0, 0.1) is 16.7 Å². The van der Waals surface area contributed by atoms with Gasteiger partial charge in [0.1, 0.15) is 0 Å². The highest BCUT2D eigenvalue weighted by Crippen LogP contribution is 2.24. The first kappa shape index (κ1) is 17.1. The summed E-state index contributed by atoms with van der Waals surface area (Å²) in [6.07, 6.45) is 0. The van der Waals surface area contributed by atoms with E-state index in [1.807, 2.05) is 19.9 Å². The number of hydrogen-bond donors (Lipinski definition) is 1. The van der Waals surface area contributed by atoms with Crippen LogP contribution in [0.4, 0.5) is 0 Å². The molecule has 0 fully saturated rings. The molecule has 0 spiro atoms. The zero-order valence-electron chi connectivity index (χ0n) is 11.7. The van der Waals surface area contributed by atoms with Crippen molar-refractivity contribution in [1.29, 1.82) is 5.26 Å². The third-order valence-electron chi connectivity index (χ3n) is 2.91. The van der Waals surface area contributed by atoms with Gasteiger partial charge in [-0.25, -0.2) is 12.7 Å². The lowest BCUT2D eigenvalue weighted by Gasteiger charge is -2.28. The standard InChI is InChI=1S/C13H18BrN3O2S/c1-13(2,8-16)9-17(3)20(18,19)12-5-10(7-15)4-11(14)6-12/h4-6H,8-9,16H2,1-3H3. The first-order chi connectivity index (χ1) is 9.12. The van der Waals surface area contributed by atoms with Crippen LogP contribution in [0.15, 0.2) is 27.6 Å². The van der Waals surface area contributed by atoms with Crippen molar-refractivity contribution in [3.05, 3.63) is 28.2 Å². The predicted octanol–water partition coefficient (Wildman–Crippen LogP) is 1.93. The number of nitrogens with two attached hydrogens (primary N) is 1. The maximum Gasteiger partial charge on any atom is 0.242 e. The van der Waals surface area contributed by atoms with Crippen LogP contribution in [0.25, 0.3) is 0 Å². The summed E-state index contributed by atoms with van der Waals surface area (Å²) in [5.41, 5.74) is 5.62. The number of benzene rings is 1. The van der Waals surface area contributed by atoms with Crippen molar-refractivity contribution in [2.75, 3.05) is 20.1 Å². The Morgan fingerprint density at radius 3 is 2.50 bits per heavy atom. The molecule has 0 aliphatic heterocycles. The number of sulfonamides is 1. The minimum absolute atomic E-state index is 0.0961. The summed E-state index contributed by atoms with van der Waals surface area (Å²) >= 11 is 3.22. The van der Waals surface area contributed by atoms with Crippen LogP contribution in [0.5, 0.6) is 0 Å². The maximum atomic E-state index is 12.5. The number of hydrogen-bond acceptors (Lipinski definition) is 4. The van der Waals surface area contributed by atoms with Gasteiger partial charge in [-0.15, -0.1) is 0 Å². The van der Waals surface area contributed by atoms with Gasteiger partial charge in [0.25, 0.3) is 0 Å². The molecule has 0 bridgehead atoms. The van der Waals surface area contributed by atoms with Crippen LogP contribution in [-0.2, 0) is 10.0 Å². The first-order valence-corrected chi connectivity index (χ1v) is 8.23. The Morgan fingerprint density at radius 1 is 1.40 bits per heavy atom. The molecule has 0 unspecified atom stereocenters. The molecule has 0 atom stereocenters. The van der Waals surface area contributed by atoms with Crippen molar-refractivity contribution in [1.82, 2.24) is 4.31 Å². The van der Waals surface area contributed by atoms with E-state index in [4.69, 9.17) is 11.0 Å². The Balaban J connectivity index is 3.17. The van der Waals surface area contributed by atoms with Crippen LogP contribution in [0.1, 0.15) is 19.4 Å². The molecule has 20 heavy (non-hydrogen) atoms. The Bertz CT molecular complexity index is 636. The molecule has 0 aliphatic carbocycles. The van der Waals surface area contributed by atoms with Gasteiger partial charge in [0.15, 0.2) is 0 Å². The van der Waals surface area contributed by atoms with Crippen molar-refractivity contribution in [2.45, 2.75) is 18.7 Å². The van der Waals surface area contributed by atoms with Gasteiger partial charge in [-0.2, -0.15) is 5.26 Å². The minimum atomic E-state index is -3.64. The van der Waals surface area contributed by atoms with Crippen LogP contribution in [0.3, 0.4) is 0 Å². The van der Waals surface area contributed by atoms with Gasteiger partial charge in [0, 0.05) is 18.1 Å². The summed E-state index contributed by atoms with van der Waals surface area (Å²) in [7, 11) is -2.13. The van der Waals surface area contributed by atoms with E-state index in [1.165, 1.54) is 23.5 Å². The van der Waals surface area contributed by atoms with E-state index in [0.717, 1.165) is 0 Å². The fourth-order valence-electron chi connectivity index (χ4n) is 1.71. The van der Waals surface area contributed by atoms with E-state index in [2.05, 4.69) is 15.9 Å². The van der Waals surface area contributed by atoms with Gasteiger partial charge >= 0.3 is 0 Å². The lowest BCUT2D eigenvalue weighted by atomic mass is 9.94. The smallest absolute Gasteiger partial charge is 0.242 e. The third-order valence-corrected chi connectivity index (χ3v) is 5.15. The quantitative estimate of drug-likeness (QED) is 0.869. The second kappa shape index (κ2) is 6.22. The number of nitrogens with zero attached hydrogens (tertiary/aromatic N) is 2. The number of nitriles is 1. The molecule has 7 heteroatoms. The topological polar surface area (TPSA) is 87.2 Å². The Labute approximate surface area is 128 Å². The van der Waals surface area contributed by atoms with Gasteiger partial charge in [0.2, 0.25) is 10.0 Å². The lowest BCUT2D eigenvalue weighted by Crippen LogP contribution is -2.39. The predicted molar refractivity (Wildman–Crippen MR) is 81.5 cm³/mol. The van der Waals surface area contributed by atoms with Crippen molar-refractivity contribution < 1.29 is 8.42 Å². The average molecular weight is 360 g/mol. The molecule has 110 valence electrons. The van der Waals surface area contributed by atoms with Crippen molar-refractivity contribution >= 4 is 26.0 Å². The van der Waals surface area contributed by atoms with Crippen molar-refractivity contribution in [2.24, 2.45) is 11.1 Å². The van der Waals surface area contributed by atoms with E-state index >= 15 is 0 Å². The monoisotopic (exact) mass is 359 g/mol. The Morgan fingerprint density at radius 2 is 2.00 bits per heavy atom. The highest BCUT2D eigenvalue weighted by atomic mass is 79.9. The van der Waals surface area contributed by atoms with E-state index in [1.54, 1.807) is 6.07 Å². The summed E-state index contributed by atoms with van der Waals surface area (Å²) in [5.74, 6) is 0. The maximum absolute atomic E-state index is 12.5. The van der Waals surface area contributed by atoms with Crippen LogP contribution in [-0.4, -0.2) is 32.9 Å². The van der Waals surface area contributed by atoms with Crippen molar-refractivity contribution in [3.63, 3.8) is 0 Å². The normalized spacial score (nSPS) is 12.4. The van der Waals surface area contributed by atoms with Gasteiger partial charge in [-0.05, 0) is 30.2 Å². The molecule has 5 nitrogen and oxygen atoms in total. The van der Waals surface area contributed by atoms with Crippen LogP contribution < -0.4 is 5.73 Å². The molecule has 1 aromatic rings. The van der Waals surface area contributed by atoms with Gasteiger partial charge in [0.05, 0.1) is 16.5 Å². The molecule has 0 saturated carbocycles. The second-order valence-electron chi connectivity index (χ2n) is 5.42. The summed E-state index contributed by atoms with van der Waals surface area (Å²) in [5, 5.41) is 8.92. The van der Waals surface area contributed by atoms with E-state index < -0.39 is 10.0 Å². The summed E-state index contributed by atoms with van der Waals surface area (Å²) in [4.78, 5) is 0.0961. The molecular weight excluding hydrogens is 342 g/mol. The summed E-state index contributed by atoms with van der Waals surface area (Å²) in [6, 6.07) is 6.37. The van der Waals surface area contributed by atoms with E-state index in [-0.39, 0.29) is 10.3 Å². The summed E-state index contributed by atoms with van der Waals surface area (Å²) in [6.45, 7) is 4.50. The Kier molecular flexibility index (Phi) is 5.33. The lowest BCUT2D eigenvalue weighted by molar-refractivity contribution is 0.292. The van der Waals surface area contributed by atoms with Crippen LogP contribution in [0.2, 0.25) is 0 Å². The fourth-order valence-corrected chi connectivity index (χ4v) is 3.78. The van der Waals surface area contributed by atoms with E-state index in [9.17, 15) is 8.42 Å². The fraction of sp³-hybridized carbons (Fsp3) is 0.462. The molecule has 0 amide bonds. The molecule has 1 rings (SSSR count). The molecule has 0 radical (unpaired) electrons. The van der Waals surface area contributed by atoms with Gasteiger partial charge < -0.3 is 5.73 Å². The van der Waals surface area contributed by atoms with Gasteiger partial charge in [-0.3, -0.25) is 0 Å². The molecule has 1 aromatic carbocycles.